The van der Waals surface area contributed by atoms with Crippen molar-refractivity contribution in [2.24, 2.45) is 5.92 Å². The smallest absolute Gasteiger partial charge is 0.226 e. The zero-order valence-corrected chi connectivity index (χ0v) is 18.0. The molecule has 1 amide bonds. The number of aromatic nitrogens is 1. The van der Waals surface area contributed by atoms with E-state index >= 15 is 0 Å². The van der Waals surface area contributed by atoms with Crippen molar-refractivity contribution in [3.05, 3.63) is 40.9 Å². The summed E-state index contributed by atoms with van der Waals surface area (Å²) in [6.07, 6.45) is 3.63. The summed E-state index contributed by atoms with van der Waals surface area (Å²) in [5.74, 6) is 0.743. The number of nitrogen functional groups attached to an aromatic ring is 1. The van der Waals surface area contributed by atoms with E-state index < -0.39 is 0 Å². The number of nitrogens with zero attached hydrogens (tertiary/aromatic N) is 2. The molecule has 0 bridgehead atoms. The normalized spacial score (nSPS) is 16.9. The summed E-state index contributed by atoms with van der Waals surface area (Å²) in [5.41, 5.74) is 8.71. The maximum atomic E-state index is 12.1. The molecule has 1 aromatic heterocycles. The van der Waals surface area contributed by atoms with Gasteiger partial charge in [0.1, 0.15) is 0 Å². The zero-order chi connectivity index (χ0) is 17.6. The first-order valence-corrected chi connectivity index (χ1v) is 9.78. The number of nitrogens with one attached hydrogen (secondary N) is 1. The molecule has 1 aliphatic rings. The van der Waals surface area contributed by atoms with Crippen molar-refractivity contribution in [2.75, 3.05) is 24.1 Å². The molecule has 1 saturated heterocycles. The minimum atomic E-state index is -0.0178. The fraction of sp³-hybridized carbons (Fsp3) is 0.474. The monoisotopic (exact) mass is 430 g/mol. The number of halogens is 2. The van der Waals surface area contributed by atoms with Crippen molar-refractivity contribution >= 4 is 52.9 Å². The van der Waals surface area contributed by atoms with Crippen molar-refractivity contribution in [2.45, 2.75) is 39.2 Å². The lowest BCUT2D eigenvalue weighted by atomic mass is 10.0. The van der Waals surface area contributed by atoms with Gasteiger partial charge in [0.05, 0.1) is 5.69 Å². The SMILES string of the molecule is CC1CCCN(Cc2csc(NC(=O)CCc3ccccc3N)n2)C1.Cl.Cl. The standard InChI is InChI=1S/C19H26N4OS.2ClH/c1-14-5-4-10-23(11-14)12-16-13-25-19(21-16)22-18(24)9-8-15-6-2-3-7-17(15)20;;/h2-3,6-7,13-14H,4-5,8-12,20H2,1H3,(H,21,22,24);2*1H. The molecule has 1 aromatic carbocycles. The van der Waals surface area contributed by atoms with Crippen LogP contribution in [0.2, 0.25) is 0 Å². The summed E-state index contributed by atoms with van der Waals surface area (Å²) in [6.45, 7) is 5.45. The number of nitrogens with two attached hydrogens (primary N) is 1. The van der Waals surface area contributed by atoms with Gasteiger partial charge in [0.2, 0.25) is 5.91 Å². The van der Waals surface area contributed by atoms with Crippen LogP contribution in [0.25, 0.3) is 0 Å². The lowest BCUT2D eigenvalue weighted by Crippen LogP contribution is -2.33. The average molecular weight is 431 g/mol. The predicted molar refractivity (Wildman–Crippen MR) is 118 cm³/mol. The molecule has 0 spiro atoms. The van der Waals surface area contributed by atoms with Crippen LogP contribution in [0.15, 0.2) is 29.6 Å². The van der Waals surface area contributed by atoms with Crippen LogP contribution >= 0.6 is 36.2 Å². The van der Waals surface area contributed by atoms with Crippen LogP contribution in [0.1, 0.15) is 37.4 Å². The first kappa shape index (κ1) is 23.7. The maximum absolute atomic E-state index is 12.1. The highest BCUT2D eigenvalue weighted by molar-refractivity contribution is 7.13. The van der Waals surface area contributed by atoms with E-state index in [0.717, 1.165) is 42.5 Å². The molecule has 27 heavy (non-hydrogen) atoms. The molecule has 3 rings (SSSR count). The third kappa shape index (κ3) is 7.30. The van der Waals surface area contributed by atoms with Gasteiger partial charge in [0.15, 0.2) is 5.13 Å². The van der Waals surface area contributed by atoms with Crippen molar-refractivity contribution in [1.29, 1.82) is 0 Å². The molecular weight excluding hydrogens is 403 g/mol. The summed E-state index contributed by atoms with van der Waals surface area (Å²) in [4.78, 5) is 19.2. The second-order valence-corrected chi connectivity index (χ2v) is 7.73. The van der Waals surface area contributed by atoms with Crippen LogP contribution in [0.3, 0.4) is 0 Å². The maximum Gasteiger partial charge on any atom is 0.226 e. The Morgan fingerprint density at radius 3 is 2.89 bits per heavy atom. The van der Waals surface area contributed by atoms with E-state index in [1.54, 1.807) is 0 Å². The highest BCUT2D eigenvalue weighted by atomic mass is 35.5. The number of aryl methyl sites for hydroxylation is 1. The van der Waals surface area contributed by atoms with Gasteiger partial charge in [-0.1, -0.05) is 25.1 Å². The number of rotatable bonds is 6. The Balaban J connectivity index is 0.00000182. The third-order valence-corrected chi connectivity index (χ3v) is 5.41. The quantitative estimate of drug-likeness (QED) is 0.667. The Bertz CT molecular complexity index is 725. The molecule has 0 radical (unpaired) electrons. The molecule has 0 saturated carbocycles. The Labute approximate surface area is 177 Å². The Morgan fingerprint density at radius 1 is 1.37 bits per heavy atom. The van der Waals surface area contributed by atoms with E-state index in [1.165, 1.54) is 24.2 Å². The molecule has 150 valence electrons. The molecule has 1 atom stereocenters. The number of piperidine rings is 1. The summed E-state index contributed by atoms with van der Waals surface area (Å²) >= 11 is 1.50. The van der Waals surface area contributed by atoms with E-state index in [0.29, 0.717) is 18.0 Å². The van der Waals surface area contributed by atoms with E-state index in [2.05, 4.69) is 22.1 Å². The van der Waals surface area contributed by atoms with E-state index in [4.69, 9.17) is 5.73 Å². The van der Waals surface area contributed by atoms with Gasteiger partial charge in [-0.2, -0.15) is 0 Å². The minimum Gasteiger partial charge on any atom is -0.399 e. The molecule has 1 aliphatic heterocycles. The van der Waals surface area contributed by atoms with Crippen LogP contribution in [0.5, 0.6) is 0 Å². The van der Waals surface area contributed by atoms with Gasteiger partial charge in [-0.3, -0.25) is 9.69 Å². The number of para-hydroxylation sites is 1. The van der Waals surface area contributed by atoms with Crippen LogP contribution in [-0.4, -0.2) is 28.9 Å². The first-order valence-electron chi connectivity index (χ1n) is 8.90. The first-order chi connectivity index (χ1) is 12.1. The Hall–Kier alpha value is -1.34. The number of hydrogen-bond donors (Lipinski definition) is 2. The fourth-order valence-corrected chi connectivity index (χ4v) is 4.01. The zero-order valence-electron chi connectivity index (χ0n) is 15.5. The van der Waals surface area contributed by atoms with Gasteiger partial charge < -0.3 is 11.1 Å². The van der Waals surface area contributed by atoms with Gasteiger partial charge in [-0.15, -0.1) is 36.2 Å². The van der Waals surface area contributed by atoms with Crippen molar-refractivity contribution < 1.29 is 4.79 Å². The summed E-state index contributed by atoms with van der Waals surface area (Å²) < 4.78 is 0. The van der Waals surface area contributed by atoms with E-state index in [9.17, 15) is 4.79 Å². The number of likely N-dealkylation sites (tertiary alicyclic amines) is 1. The number of hydrogen-bond acceptors (Lipinski definition) is 5. The molecule has 0 aliphatic carbocycles. The summed E-state index contributed by atoms with van der Waals surface area (Å²) in [5, 5.41) is 5.64. The van der Waals surface area contributed by atoms with Gasteiger partial charge >= 0.3 is 0 Å². The van der Waals surface area contributed by atoms with Crippen molar-refractivity contribution in [1.82, 2.24) is 9.88 Å². The average Bonchev–Trinajstić information content (AvgIpc) is 3.01. The van der Waals surface area contributed by atoms with Crippen LogP contribution in [0, 0.1) is 5.92 Å². The lowest BCUT2D eigenvalue weighted by Gasteiger charge is -2.30. The van der Waals surface area contributed by atoms with Crippen LogP contribution < -0.4 is 11.1 Å². The summed E-state index contributed by atoms with van der Waals surface area (Å²) in [7, 11) is 0. The van der Waals surface area contributed by atoms with Crippen LogP contribution in [-0.2, 0) is 17.8 Å². The number of thiazole rings is 1. The highest BCUT2D eigenvalue weighted by Gasteiger charge is 2.17. The van der Waals surface area contributed by atoms with E-state index in [-0.39, 0.29) is 30.7 Å². The van der Waals surface area contributed by atoms with Crippen LogP contribution in [0.4, 0.5) is 10.8 Å². The van der Waals surface area contributed by atoms with Gasteiger partial charge in [0.25, 0.3) is 0 Å². The lowest BCUT2D eigenvalue weighted by molar-refractivity contribution is -0.116. The second-order valence-electron chi connectivity index (χ2n) is 6.87. The van der Waals surface area contributed by atoms with Gasteiger partial charge in [-0.25, -0.2) is 4.98 Å². The van der Waals surface area contributed by atoms with E-state index in [1.807, 2.05) is 29.6 Å². The predicted octanol–water partition coefficient (Wildman–Crippen LogP) is 4.37. The third-order valence-electron chi connectivity index (χ3n) is 4.60. The van der Waals surface area contributed by atoms with Crippen molar-refractivity contribution in [3.8, 4) is 0 Å². The molecule has 8 heteroatoms. The second kappa shape index (κ2) is 11.5. The van der Waals surface area contributed by atoms with Gasteiger partial charge in [-0.05, 0) is 43.4 Å². The fourth-order valence-electron chi connectivity index (χ4n) is 3.29. The summed E-state index contributed by atoms with van der Waals surface area (Å²) in [6, 6.07) is 7.67. The molecule has 2 heterocycles. The molecular formula is C19H28Cl2N4OS. The molecule has 1 unspecified atom stereocenters. The molecule has 3 N–H and O–H groups in total. The van der Waals surface area contributed by atoms with Gasteiger partial charge in [0, 0.05) is 30.6 Å². The number of benzene rings is 1. The molecule has 5 nitrogen and oxygen atoms in total. The molecule has 2 aromatic rings. The Kier molecular flexibility index (Phi) is 10.1. The number of amides is 1. The topological polar surface area (TPSA) is 71.2 Å². The minimum absolute atomic E-state index is 0. The largest absolute Gasteiger partial charge is 0.399 e. The highest BCUT2D eigenvalue weighted by Crippen LogP contribution is 2.21. The number of carbonyl (C=O) groups is 1. The number of anilines is 2. The molecule has 1 fully saturated rings. The van der Waals surface area contributed by atoms with Crippen molar-refractivity contribution in [3.63, 3.8) is 0 Å². The Morgan fingerprint density at radius 2 is 2.15 bits per heavy atom. The number of carbonyl (C=O) groups excluding carboxylic acids is 1.